The summed E-state index contributed by atoms with van der Waals surface area (Å²) in [5, 5.41) is 4.84. The van der Waals surface area contributed by atoms with Gasteiger partial charge in [0.1, 0.15) is 0 Å². The maximum atomic E-state index is 5.79. The zero-order valence-corrected chi connectivity index (χ0v) is 13.8. The van der Waals surface area contributed by atoms with Crippen molar-refractivity contribution in [1.82, 2.24) is 14.7 Å². The lowest BCUT2D eigenvalue weighted by Gasteiger charge is -2.29. The van der Waals surface area contributed by atoms with Crippen LogP contribution in [-0.4, -0.2) is 33.8 Å². The zero-order valence-electron chi connectivity index (χ0n) is 13.8. The second kappa shape index (κ2) is 8.54. The van der Waals surface area contributed by atoms with Gasteiger partial charge in [-0.1, -0.05) is 33.1 Å². The van der Waals surface area contributed by atoms with Crippen LogP contribution in [0.25, 0.3) is 0 Å². The zero-order chi connectivity index (χ0) is 15.1. The summed E-state index contributed by atoms with van der Waals surface area (Å²) in [6, 6.07) is 3.44. The van der Waals surface area contributed by atoms with Crippen molar-refractivity contribution in [2.45, 2.75) is 77.4 Å². The van der Waals surface area contributed by atoms with Gasteiger partial charge in [0.2, 0.25) is 0 Å². The van der Waals surface area contributed by atoms with Gasteiger partial charge >= 0.3 is 0 Å². The van der Waals surface area contributed by atoms with E-state index in [4.69, 9.17) is 10.8 Å². The third kappa shape index (κ3) is 4.55. The van der Waals surface area contributed by atoms with E-state index in [2.05, 4.69) is 35.7 Å². The quantitative estimate of drug-likeness (QED) is 0.799. The van der Waals surface area contributed by atoms with Gasteiger partial charge < -0.3 is 5.73 Å². The fourth-order valence-corrected chi connectivity index (χ4v) is 3.58. The molecule has 0 aromatic carbocycles. The molecule has 2 N–H and O–H groups in total. The van der Waals surface area contributed by atoms with E-state index < -0.39 is 0 Å². The van der Waals surface area contributed by atoms with Gasteiger partial charge in [-0.25, -0.2) is 0 Å². The van der Waals surface area contributed by atoms with Crippen LogP contribution in [0.5, 0.6) is 0 Å². The van der Waals surface area contributed by atoms with E-state index >= 15 is 0 Å². The highest BCUT2D eigenvalue weighted by Gasteiger charge is 2.18. The maximum absolute atomic E-state index is 5.79. The van der Waals surface area contributed by atoms with Crippen LogP contribution in [0.4, 0.5) is 0 Å². The average Bonchev–Trinajstić information content (AvgIpc) is 2.98. The summed E-state index contributed by atoms with van der Waals surface area (Å²) in [5.74, 6) is 0. The molecule has 0 unspecified atom stereocenters. The van der Waals surface area contributed by atoms with E-state index in [1.807, 2.05) is 0 Å². The molecule has 2 rings (SSSR count). The molecule has 0 radical (unpaired) electrons. The van der Waals surface area contributed by atoms with E-state index in [0.29, 0.717) is 12.1 Å². The minimum absolute atomic E-state index is 0.619. The van der Waals surface area contributed by atoms with E-state index in [1.54, 1.807) is 0 Å². The Morgan fingerprint density at radius 2 is 2.00 bits per heavy atom. The van der Waals surface area contributed by atoms with E-state index in [-0.39, 0.29) is 0 Å². The molecule has 4 nitrogen and oxygen atoms in total. The Morgan fingerprint density at radius 3 is 2.62 bits per heavy atom. The van der Waals surface area contributed by atoms with Crippen LogP contribution in [-0.2, 0) is 6.54 Å². The lowest BCUT2D eigenvalue weighted by Crippen LogP contribution is -2.37. The van der Waals surface area contributed by atoms with E-state index in [1.165, 1.54) is 50.6 Å². The maximum Gasteiger partial charge on any atom is 0.0765 e. The number of nitrogens with two attached hydrogens (primary N) is 1. The van der Waals surface area contributed by atoms with Gasteiger partial charge in [0.25, 0.3) is 0 Å². The molecule has 1 aliphatic carbocycles. The molecule has 0 atom stereocenters. The lowest BCUT2D eigenvalue weighted by atomic mass is 9.96. The number of nitrogens with zero attached hydrogens (tertiary/aromatic N) is 3. The summed E-state index contributed by atoms with van der Waals surface area (Å²) in [6.45, 7) is 7.14. The molecular formula is C17H32N4. The fraction of sp³-hybridized carbons (Fsp3) is 0.824. The van der Waals surface area contributed by atoms with Gasteiger partial charge in [0.05, 0.1) is 11.7 Å². The van der Waals surface area contributed by atoms with Gasteiger partial charge in [0, 0.05) is 31.9 Å². The van der Waals surface area contributed by atoms with Crippen LogP contribution in [0.15, 0.2) is 12.3 Å². The van der Waals surface area contributed by atoms with Gasteiger partial charge in [0.15, 0.2) is 0 Å². The first-order valence-corrected chi connectivity index (χ1v) is 8.76. The van der Waals surface area contributed by atoms with E-state index in [0.717, 1.165) is 19.6 Å². The highest BCUT2D eigenvalue weighted by molar-refractivity contribution is 5.00. The predicted octanol–water partition coefficient (Wildman–Crippen LogP) is 3.34. The van der Waals surface area contributed by atoms with E-state index in [9.17, 15) is 0 Å². The van der Waals surface area contributed by atoms with Gasteiger partial charge in [-0.15, -0.1) is 0 Å². The lowest BCUT2D eigenvalue weighted by molar-refractivity contribution is 0.179. The Balaban J connectivity index is 1.98. The van der Waals surface area contributed by atoms with Crippen molar-refractivity contribution >= 4 is 0 Å². The monoisotopic (exact) mass is 292 g/mol. The molecule has 120 valence electrons. The Kier molecular flexibility index (Phi) is 6.71. The van der Waals surface area contributed by atoms with Crippen molar-refractivity contribution in [3.05, 3.63) is 18.0 Å². The molecule has 4 heteroatoms. The molecule has 0 saturated heterocycles. The first-order valence-electron chi connectivity index (χ1n) is 8.76. The summed E-state index contributed by atoms with van der Waals surface area (Å²) < 4.78 is 2.21. The normalized spacial score (nSPS) is 17.0. The van der Waals surface area contributed by atoms with Crippen LogP contribution in [0.2, 0.25) is 0 Å². The highest BCUT2D eigenvalue weighted by atomic mass is 15.3. The van der Waals surface area contributed by atoms with Crippen molar-refractivity contribution in [2.24, 2.45) is 5.73 Å². The van der Waals surface area contributed by atoms with Crippen molar-refractivity contribution < 1.29 is 0 Å². The first-order chi connectivity index (χ1) is 10.3. The van der Waals surface area contributed by atoms with Gasteiger partial charge in [-0.2, -0.15) is 5.10 Å². The van der Waals surface area contributed by atoms with Crippen LogP contribution in [0.1, 0.15) is 70.5 Å². The molecule has 1 heterocycles. The molecule has 0 spiro atoms. The molecule has 1 aliphatic rings. The van der Waals surface area contributed by atoms with Gasteiger partial charge in [-0.3, -0.25) is 9.58 Å². The number of hydrogen-bond acceptors (Lipinski definition) is 3. The molecule has 0 bridgehead atoms. The third-order valence-electron chi connectivity index (χ3n) is 4.85. The average molecular weight is 292 g/mol. The SMILES string of the molecule is CCC(CC)N(CCN)Cc1ccn(C2CCCCC2)n1. The summed E-state index contributed by atoms with van der Waals surface area (Å²) >= 11 is 0. The van der Waals surface area contributed by atoms with Crippen molar-refractivity contribution in [3.63, 3.8) is 0 Å². The highest BCUT2D eigenvalue weighted by Crippen LogP contribution is 2.27. The molecule has 1 saturated carbocycles. The molecule has 0 amide bonds. The minimum Gasteiger partial charge on any atom is -0.329 e. The Bertz CT molecular complexity index is 391. The minimum atomic E-state index is 0.619. The summed E-state index contributed by atoms with van der Waals surface area (Å²) in [4.78, 5) is 2.49. The number of rotatable bonds is 8. The number of aromatic nitrogens is 2. The predicted molar refractivity (Wildman–Crippen MR) is 88.2 cm³/mol. The second-order valence-electron chi connectivity index (χ2n) is 6.31. The Labute approximate surface area is 129 Å². The second-order valence-corrected chi connectivity index (χ2v) is 6.31. The van der Waals surface area contributed by atoms with Crippen molar-refractivity contribution in [1.29, 1.82) is 0 Å². The largest absolute Gasteiger partial charge is 0.329 e. The summed E-state index contributed by atoms with van der Waals surface area (Å²) in [5.41, 5.74) is 6.98. The van der Waals surface area contributed by atoms with Crippen LogP contribution < -0.4 is 5.73 Å². The fourth-order valence-electron chi connectivity index (χ4n) is 3.58. The standard InChI is InChI=1S/C17H32N4/c1-3-16(4-2)20(13-11-18)14-15-10-12-21(19-15)17-8-6-5-7-9-17/h10,12,16-17H,3-9,11,13-14,18H2,1-2H3. The molecular weight excluding hydrogens is 260 g/mol. The summed E-state index contributed by atoms with van der Waals surface area (Å²) in [6.07, 6.45) is 11.2. The molecule has 1 fully saturated rings. The van der Waals surface area contributed by atoms with Crippen molar-refractivity contribution in [2.75, 3.05) is 13.1 Å². The summed E-state index contributed by atoms with van der Waals surface area (Å²) in [7, 11) is 0. The molecule has 1 aromatic rings. The topological polar surface area (TPSA) is 47.1 Å². The smallest absolute Gasteiger partial charge is 0.0765 e. The Morgan fingerprint density at radius 1 is 1.29 bits per heavy atom. The van der Waals surface area contributed by atoms with Crippen LogP contribution in [0.3, 0.4) is 0 Å². The third-order valence-corrected chi connectivity index (χ3v) is 4.85. The number of hydrogen-bond donors (Lipinski definition) is 1. The molecule has 21 heavy (non-hydrogen) atoms. The Hall–Kier alpha value is -0.870. The van der Waals surface area contributed by atoms with Gasteiger partial charge in [-0.05, 0) is 31.7 Å². The van der Waals surface area contributed by atoms with Crippen LogP contribution >= 0.6 is 0 Å². The molecule has 0 aliphatic heterocycles. The molecule has 1 aromatic heterocycles. The van der Waals surface area contributed by atoms with Crippen molar-refractivity contribution in [3.8, 4) is 0 Å². The first kappa shape index (κ1) is 16.5. The van der Waals surface area contributed by atoms with Crippen LogP contribution in [0, 0.1) is 0 Å².